The third-order valence-electron chi connectivity index (χ3n) is 19.5. The third kappa shape index (κ3) is 43.7. The fourth-order valence-corrected chi connectivity index (χ4v) is 13.3. The van der Waals surface area contributed by atoms with Crippen molar-refractivity contribution in [2.75, 3.05) is 62.0 Å². The van der Waals surface area contributed by atoms with Crippen molar-refractivity contribution in [1.29, 1.82) is 0 Å². The van der Waals surface area contributed by atoms with Crippen LogP contribution in [0.3, 0.4) is 0 Å². The molecule has 0 aromatic heterocycles. The van der Waals surface area contributed by atoms with E-state index >= 15 is 0 Å². The molecule has 9 N–H and O–H groups in total. The van der Waals surface area contributed by atoms with Crippen LogP contribution in [0.4, 0.5) is 17.1 Å². The molecule has 6 aromatic rings. The molecule has 0 fully saturated rings. The van der Waals surface area contributed by atoms with Crippen LogP contribution in [-0.4, -0.2) is 252 Å². The first-order chi connectivity index (χ1) is 69.8. The molecule has 6 aromatic carbocycles. The zero-order valence-corrected chi connectivity index (χ0v) is 87.2. The van der Waals surface area contributed by atoms with Gasteiger partial charge in [0, 0.05) is 19.6 Å². The number of rotatable bonds is 55. The van der Waals surface area contributed by atoms with Crippen LogP contribution in [0.15, 0.2) is 142 Å². The number of hydrogen-bond donors (Lipinski definition) is 6. The third-order valence-corrected chi connectivity index (χ3v) is 22.2. The van der Waals surface area contributed by atoms with Gasteiger partial charge in [-0.25, -0.2) is 117 Å². The summed E-state index contributed by atoms with van der Waals surface area (Å²) in [7, 11) is -13.3. The maximum absolute atomic E-state index is 13.0. The number of ether oxygens (including phenoxy) is 19. The molecule has 816 valence electrons. The molecule has 0 amide bonds. The molecule has 149 heavy (non-hydrogen) atoms. The lowest BCUT2D eigenvalue weighted by atomic mass is 10.1. The lowest BCUT2D eigenvalue weighted by Crippen LogP contribution is -2.39. The predicted molar refractivity (Wildman–Crippen MR) is 519 cm³/mol. The van der Waals surface area contributed by atoms with Crippen LogP contribution in [0.25, 0.3) is 0 Å². The Morgan fingerprint density at radius 1 is 0.268 bits per heavy atom. The summed E-state index contributed by atoms with van der Waals surface area (Å²) in [5.41, 5.74) is -0.444. The van der Waals surface area contributed by atoms with Crippen LogP contribution < -0.4 is 45.6 Å². The topological polar surface area (TPSA) is 699 Å². The fourth-order valence-electron chi connectivity index (χ4n) is 11.2. The van der Waals surface area contributed by atoms with Crippen molar-refractivity contribution in [3.05, 3.63) is 144 Å². The van der Waals surface area contributed by atoms with Crippen molar-refractivity contribution < 1.29 is 202 Å². The number of carbonyl (C=O) groups is 18. The predicted octanol–water partition coefficient (Wildman–Crippen LogP) is 8.41. The molecule has 52 heteroatoms. The minimum Gasteiger partial charge on any atom is -0.463 e. The van der Waals surface area contributed by atoms with Gasteiger partial charge in [-0.3, -0.25) is 9.59 Å². The van der Waals surface area contributed by atoms with E-state index in [1.54, 1.807) is 97.9 Å². The number of carbonyl (C=O) groups excluding carboxylic acids is 18. The Kier molecular flexibility index (Phi) is 51.9. The summed E-state index contributed by atoms with van der Waals surface area (Å²) in [6.45, 7) is 22.4. The van der Waals surface area contributed by atoms with Crippen molar-refractivity contribution >= 4 is 154 Å². The largest absolute Gasteiger partial charge is 0.463 e. The SMILES string of the molecule is CCCCNc1cc(C(=O)OCC(=O)O[C@@H](C)C(=O)O[C@@H](C)C(=O)O[C@@H](C)C(=O)O[C@@H](C)C(=O)O[C@@H](C)C(=O)O[C@@H](C)C(=O)OCC)cc(S(N)(=O)=O)c1Oc1ccccc1.CCCCNc1cc(C(=O)OCC(=O)O[C@@H](C)C(=O)O[C@@H](C)C(=O)O[C@@H](C)C(=O)O[C@@H](C)C(C)=O)cc(S(N)(=O)=O)c1Oc1ccccc1.CCCCNc1cc(C(=O)OCC(=O)O[C@@H](C)C(=O)O[C@@H](C)C(C)=O)cc(S(N)(=O)=O)c1Oc1ccccc1. The summed E-state index contributed by atoms with van der Waals surface area (Å²) >= 11 is 0. The Balaban J connectivity index is 0.000000477. The average Bonchev–Trinajstić information content (AvgIpc) is 0.789. The minimum atomic E-state index is -4.48. The number of benzene rings is 6. The van der Waals surface area contributed by atoms with Gasteiger partial charge in [-0.2, -0.15) is 0 Å². The summed E-state index contributed by atoms with van der Waals surface area (Å²) in [5.74, 6) is -18.1. The van der Waals surface area contributed by atoms with Gasteiger partial charge in [-0.15, -0.1) is 0 Å². The van der Waals surface area contributed by atoms with E-state index in [1.165, 1.54) is 66.7 Å². The molecular formula is C97H122N6O43S3. The van der Waals surface area contributed by atoms with Gasteiger partial charge in [0.2, 0.25) is 30.1 Å². The van der Waals surface area contributed by atoms with Crippen molar-refractivity contribution in [3.63, 3.8) is 0 Å². The number of Topliss-reactive ketones (excluding diaryl/α,β-unsaturated/α-hetero) is 2. The number of nitrogens with two attached hydrogens (primary N) is 3. The van der Waals surface area contributed by atoms with Gasteiger partial charge < -0.3 is 106 Å². The highest BCUT2D eigenvalue weighted by Gasteiger charge is 2.37. The van der Waals surface area contributed by atoms with Gasteiger partial charge in [0.25, 0.3) is 0 Å². The molecule has 0 radical (unpaired) electrons. The van der Waals surface area contributed by atoms with E-state index in [-0.39, 0.29) is 63.4 Å². The molecule has 49 nitrogen and oxygen atoms in total. The van der Waals surface area contributed by atoms with E-state index in [1.807, 2.05) is 20.8 Å². The second-order valence-corrected chi connectivity index (χ2v) is 36.7. The quantitative estimate of drug-likeness (QED) is 0.0118. The lowest BCUT2D eigenvalue weighted by molar-refractivity contribution is -0.188. The van der Waals surface area contributed by atoms with Gasteiger partial charge in [-0.1, -0.05) is 94.6 Å². The summed E-state index contributed by atoms with van der Waals surface area (Å²) < 4.78 is 171. The van der Waals surface area contributed by atoms with Gasteiger partial charge in [0.1, 0.15) is 31.9 Å². The van der Waals surface area contributed by atoms with E-state index < -0.39 is 245 Å². The van der Waals surface area contributed by atoms with Crippen LogP contribution >= 0.6 is 0 Å². The van der Waals surface area contributed by atoms with Gasteiger partial charge in [-0.05, 0) is 196 Å². The Bertz CT molecular complexity index is 6070. The first-order valence-electron chi connectivity index (χ1n) is 46.0. The number of esters is 16. The summed E-state index contributed by atoms with van der Waals surface area (Å²) in [6, 6.07) is 31.6. The van der Waals surface area contributed by atoms with Crippen molar-refractivity contribution in [1.82, 2.24) is 0 Å². The van der Waals surface area contributed by atoms with Crippen molar-refractivity contribution in [3.8, 4) is 34.5 Å². The van der Waals surface area contributed by atoms with E-state index in [0.29, 0.717) is 44.0 Å². The van der Waals surface area contributed by atoms with Gasteiger partial charge in [0.05, 0.1) is 40.4 Å². The number of hydrogen-bond acceptors (Lipinski definition) is 46. The monoisotopic (exact) mass is 2150 g/mol. The first-order valence-corrected chi connectivity index (χ1v) is 50.6. The van der Waals surface area contributed by atoms with Gasteiger partial charge in [0.15, 0.2) is 122 Å². The van der Waals surface area contributed by atoms with Gasteiger partial charge >= 0.3 is 95.5 Å². The molecule has 0 aliphatic rings. The number of ketones is 2. The van der Waals surface area contributed by atoms with Crippen LogP contribution in [0.1, 0.15) is 194 Å². The number of anilines is 3. The number of sulfonamides is 3. The Morgan fingerprint density at radius 3 is 0.651 bits per heavy atom. The van der Waals surface area contributed by atoms with E-state index in [9.17, 15) is 112 Å². The van der Waals surface area contributed by atoms with Crippen molar-refractivity contribution in [2.24, 2.45) is 15.4 Å². The number of nitrogens with one attached hydrogen (secondary N) is 3. The Labute approximate surface area is 858 Å². The van der Waals surface area contributed by atoms with Crippen LogP contribution in [0, 0.1) is 0 Å². The summed E-state index contributed by atoms with van der Waals surface area (Å²) in [4.78, 5) is 219. The molecule has 0 heterocycles. The molecule has 0 saturated heterocycles. The number of primary sulfonamides is 3. The van der Waals surface area contributed by atoms with Crippen LogP contribution in [-0.2, 0) is 178 Å². The number of unbranched alkanes of at least 4 members (excludes halogenated alkanes) is 3. The maximum atomic E-state index is 13.0. The first kappa shape index (κ1) is 126. The second-order valence-electron chi connectivity index (χ2n) is 32.1. The molecule has 0 saturated carbocycles. The molecule has 12 atom stereocenters. The molecule has 0 unspecified atom stereocenters. The summed E-state index contributed by atoms with van der Waals surface area (Å²) in [5, 5.41) is 25.5. The molecule has 0 aliphatic heterocycles. The highest BCUT2D eigenvalue weighted by atomic mass is 32.2. The molecular weight excluding hydrogens is 2030 g/mol. The molecule has 0 aliphatic carbocycles. The standard InChI is InChI=1S/C39H50N2O19S.C32H40N2O14S.C26H32N2O10S/c1-9-11-17-41-29-18-27(19-30(61(40,50)51)32(29)60-28-15-13-12-14-16-28)39(49)53-20-31(42)54-22(4)34(44)56-24(6)36(46)58-26(8)38(48)59-25(7)37(47)57-23(5)35(45)55-21(3)33(43)52-10-2;1-7-8-14-34-25-15-23(16-26(49(33,41)42)28(25)48-24-12-10-9-11-13-24)32(40)43-17-27(36)44-20(4)29(37)46-22(6)31(39)47-21(5)30(38)45-19(3)18(2)35;1-5-6-12-28-21-13-19(14-22(39(27,33)34)24(21)38-20-10-8-7-9-11-20)26(32)35-15-23(30)36-18(4)25(31)37-17(3)16(2)29/h12-16,18-19,21-26,41H,9-11,17,20H2,1-8H3,(H2,40,50,51);9-13,15-16,19-22,34H,7-8,14,17H2,1-6H3,(H2,33,41,42);7-11,13-14,17-18,28H,5-6,12,15H2,1-4H3,(H2,27,33,34)/t21-,22-,23-,24-,25-,26-;19-,20-,21-,22-;17-,18-/m000/s1. The highest BCUT2D eigenvalue weighted by molar-refractivity contribution is 7.89. The lowest BCUT2D eigenvalue weighted by Gasteiger charge is -2.20. The van der Waals surface area contributed by atoms with E-state index in [4.69, 9.17) is 105 Å². The molecule has 0 spiro atoms. The molecule has 6 rings (SSSR count). The van der Waals surface area contributed by atoms with Crippen LogP contribution in [0.5, 0.6) is 34.5 Å². The maximum Gasteiger partial charge on any atom is 0.347 e. The molecule has 0 bridgehead atoms. The average molecular weight is 2160 g/mol. The highest BCUT2D eigenvalue weighted by Crippen LogP contribution is 2.41. The zero-order chi connectivity index (χ0) is 112. The zero-order valence-electron chi connectivity index (χ0n) is 84.8. The normalized spacial score (nSPS) is 13.4. The Hall–Kier alpha value is -15.3. The second kappa shape index (κ2) is 61.4. The Morgan fingerprint density at radius 2 is 0.463 bits per heavy atom. The minimum absolute atomic E-state index is 0.0482. The smallest absolute Gasteiger partial charge is 0.347 e. The van der Waals surface area contributed by atoms with Crippen LogP contribution in [0.2, 0.25) is 0 Å². The van der Waals surface area contributed by atoms with Crippen molar-refractivity contribution in [2.45, 2.75) is 251 Å². The number of para-hydroxylation sites is 3. The van der Waals surface area contributed by atoms with E-state index in [2.05, 4.69) is 16.0 Å². The summed E-state index contributed by atoms with van der Waals surface area (Å²) in [6.07, 6.45) is -12.7. The fraction of sp³-hybridized carbons (Fsp3) is 0.443. The van der Waals surface area contributed by atoms with E-state index in [0.717, 1.165) is 92.3 Å².